The van der Waals surface area contributed by atoms with Gasteiger partial charge in [0.2, 0.25) is 0 Å². The highest BCUT2D eigenvalue weighted by atomic mass is 19.1. The number of fused-ring (bicyclic) bond motifs is 1. The van der Waals surface area contributed by atoms with Gasteiger partial charge in [0.25, 0.3) is 0 Å². The van der Waals surface area contributed by atoms with Crippen molar-refractivity contribution in [1.29, 1.82) is 0 Å². The molecule has 0 atom stereocenters. The van der Waals surface area contributed by atoms with Crippen LogP contribution in [0.1, 0.15) is 12.8 Å². The number of ether oxygens (including phenoxy) is 1. The minimum atomic E-state index is -0.638. The van der Waals surface area contributed by atoms with Gasteiger partial charge in [0.15, 0.2) is 5.82 Å². The summed E-state index contributed by atoms with van der Waals surface area (Å²) in [5, 5.41) is 4.16. The zero-order valence-electron chi connectivity index (χ0n) is 16.2. The first kappa shape index (κ1) is 18.4. The molecule has 0 spiro atoms. The first-order valence-corrected chi connectivity index (χ1v) is 9.64. The summed E-state index contributed by atoms with van der Waals surface area (Å²) in [4.78, 5) is 13.6. The van der Waals surface area contributed by atoms with Crippen molar-refractivity contribution in [3.05, 3.63) is 66.5 Å². The van der Waals surface area contributed by atoms with Crippen LogP contribution in [0, 0.1) is 11.6 Å². The van der Waals surface area contributed by atoms with Crippen LogP contribution in [-0.2, 0) is 0 Å². The molecule has 2 aromatic carbocycles. The van der Waals surface area contributed by atoms with E-state index in [1.807, 2.05) is 18.2 Å². The predicted molar refractivity (Wildman–Crippen MR) is 111 cm³/mol. The number of pyridine rings is 1. The van der Waals surface area contributed by atoms with Crippen molar-refractivity contribution in [2.24, 2.45) is 0 Å². The lowest BCUT2D eigenvalue weighted by Crippen LogP contribution is -2.06. The molecule has 0 bridgehead atoms. The first-order chi connectivity index (χ1) is 14.6. The van der Waals surface area contributed by atoms with E-state index in [1.54, 1.807) is 25.6 Å². The molecule has 1 aliphatic rings. The maximum Gasteiger partial charge on any atom is 0.163 e. The standard InChI is InChI=1S/C23H18F2N4O/c1-30-20-10-14(17-7-4-15(24)11-19(17)25)9-18-21(20)28-22(13-3-2-8-26-12-13)29-23(18)27-16-5-6-16/h2-4,7-12,16H,5-6H2,1H3,(H,27,28,29). The maximum atomic E-state index is 14.4. The molecule has 1 saturated carbocycles. The highest BCUT2D eigenvalue weighted by molar-refractivity contribution is 5.98. The van der Waals surface area contributed by atoms with E-state index in [1.165, 1.54) is 12.1 Å². The molecule has 1 aliphatic carbocycles. The lowest BCUT2D eigenvalue weighted by molar-refractivity contribution is 0.419. The topological polar surface area (TPSA) is 59.9 Å². The molecule has 2 aromatic heterocycles. The summed E-state index contributed by atoms with van der Waals surface area (Å²) in [6.45, 7) is 0. The van der Waals surface area contributed by atoms with E-state index in [2.05, 4.69) is 10.3 Å². The van der Waals surface area contributed by atoms with E-state index in [-0.39, 0.29) is 5.56 Å². The number of aromatic nitrogens is 3. The van der Waals surface area contributed by atoms with Crippen LogP contribution >= 0.6 is 0 Å². The molecule has 30 heavy (non-hydrogen) atoms. The summed E-state index contributed by atoms with van der Waals surface area (Å²) in [7, 11) is 1.54. The minimum absolute atomic E-state index is 0.283. The Morgan fingerprint density at radius 2 is 1.90 bits per heavy atom. The van der Waals surface area contributed by atoms with Gasteiger partial charge in [-0.3, -0.25) is 4.98 Å². The lowest BCUT2D eigenvalue weighted by atomic mass is 10.0. The summed E-state index contributed by atoms with van der Waals surface area (Å²) in [6.07, 6.45) is 5.53. The quantitative estimate of drug-likeness (QED) is 0.494. The molecule has 0 amide bonds. The third-order valence-corrected chi connectivity index (χ3v) is 5.07. The van der Waals surface area contributed by atoms with Crippen molar-refractivity contribution in [3.8, 4) is 28.3 Å². The number of methoxy groups -OCH3 is 1. The smallest absolute Gasteiger partial charge is 0.163 e. The van der Waals surface area contributed by atoms with Crippen LogP contribution < -0.4 is 10.1 Å². The SMILES string of the molecule is COc1cc(-c2ccc(F)cc2F)cc2c(NC3CC3)nc(-c3cccnc3)nc12. The molecule has 7 heteroatoms. The number of rotatable bonds is 5. The molecule has 5 nitrogen and oxygen atoms in total. The van der Waals surface area contributed by atoms with Gasteiger partial charge in [-0.1, -0.05) is 0 Å². The van der Waals surface area contributed by atoms with Crippen LogP contribution in [-0.4, -0.2) is 28.1 Å². The van der Waals surface area contributed by atoms with Crippen molar-refractivity contribution in [3.63, 3.8) is 0 Å². The Bertz CT molecular complexity index is 1240. The number of anilines is 1. The molecule has 0 saturated heterocycles. The Morgan fingerprint density at radius 3 is 2.60 bits per heavy atom. The molecule has 0 unspecified atom stereocenters. The fourth-order valence-electron chi connectivity index (χ4n) is 3.39. The molecular weight excluding hydrogens is 386 g/mol. The van der Waals surface area contributed by atoms with Crippen molar-refractivity contribution >= 4 is 16.7 Å². The van der Waals surface area contributed by atoms with Crippen molar-refractivity contribution in [2.75, 3.05) is 12.4 Å². The molecule has 2 heterocycles. The van der Waals surface area contributed by atoms with E-state index in [0.29, 0.717) is 39.9 Å². The van der Waals surface area contributed by atoms with Crippen molar-refractivity contribution in [2.45, 2.75) is 18.9 Å². The number of halogens is 2. The lowest BCUT2D eigenvalue weighted by Gasteiger charge is -2.15. The second-order valence-electron chi connectivity index (χ2n) is 7.25. The number of nitrogens with zero attached hydrogens (tertiary/aromatic N) is 3. The molecule has 1 fully saturated rings. The van der Waals surface area contributed by atoms with Crippen LogP contribution in [0.25, 0.3) is 33.4 Å². The summed E-state index contributed by atoms with van der Waals surface area (Å²) >= 11 is 0. The summed E-state index contributed by atoms with van der Waals surface area (Å²) in [5.41, 5.74) is 2.24. The average molecular weight is 404 g/mol. The zero-order valence-corrected chi connectivity index (χ0v) is 16.2. The number of hydrogen-bond acceptors (Lipinski definition) is 5. The van der Waals surface area contributed by atoms with Gasteiger partial charge in [-0.05, 0) is 54.8 Å². The van der Waals surface area contributed by atoms with Gasteiger partial charge in [0.1, 0.15) is 28.7 Å². The minimum Gasteiger partial charge on any atom is -0.494 e. The summed E-state index contributed by atoms with van der Waals surface area (Å²) in [6, 6.07) is 11.1. The van der Waals surface area contributed by atoms with Gasteiger partial charge >= 0.3 is 0 Å². The average Bonchev–Trinajstić information content (AvgIpc) is 3.58. The van der Waals surface area contributed by atoms with E-state index in [4.69, 9.17) is 14.7 Å². The molecule has 5 rings (SSSR count). The third-order valence-electron chi connectivity index (χ3n) is 5.07. The number of nitrogens with one attached hydrogen (secondary N) is 1. The summed E-state index contributed by atoms with van der Waals surface area (Å²) in [5.74, 6) is 0.407. The molecule has 0 aliphatic heterocycles. The number of hydrogen-bond donors (Lipinski definition) is 1. The van der Waals surface area contributed by atoms with Gasteiger partial charge in [-0.15, -0.1) is 0 Å². The fraction of sp³-hybridized carbons (Fsp3) is 0.174. The van der Waals surface area contributed by atoms with Gasteiger partial charge in [-0.2, -0.15) is 0 Å². The fourth-order valence-corrected chi connectivity index (χ4v) is 3.39. The van der Waals surface area contributed by atoms with Crippen LogP contribution in [0.4, 0.5) is 14.6 Å². The molecule has 0 radical (unpaired) electrons. The Balaban J connectivity index is 1.75. The van der Waals surface area contributed by atoms with E-state index >= 15 is 0 Å². The molecule has 1 N–H and O–H groups in total. The highest BCUT2D eigenvalue weighted by Crippen LogP contribution is 2.38. The third kappa shape index (κ3) is 3.43. The Hall–Kier alpha value is -3.61. The molecule has 150 valence electrons. The predicted octanol–water partition coefficient (Wildman–Crippen LogP) is 5.22. The monoisotopic (exact) mass is 404 g/mol. The molecular formula is C23H18F2N4O. The number of benzene rings is 2. The normalized spacial score (nSPS) is 13.4. The van der Waals surface area contributed by atoms with Gasteiger partial charge in [0.05, 0.1) is 7.11 Å². The first-order valence-electron chi connectivity index (χ1n) is 9.64. The van der Waals surface area contributed by atoms with Crippen LogP contribution in [0.3, 0.4) is 0 Å². The van der Waals surface area contributed by atoms with Crippen molar-refractivity contribution in [1.82, 2.24) is 15.0 Å². The molecule has 4 aromatic rings. The van der Waals surface area contributed by atoms with Crippen LogP contribution in [0.5, 0.6) is 5.75 Å². The van der Waals surface area contributed by atoms with Crippen LogP contribution in [0.15, 0.2) is 54.9 Å². The Labute approximate surface area is 171 Å². The zero-order chi connectivity index (χ0) is 20.7. The second kappa shape index (κ2) is 7.33. The van der Waals surface area contributed by atoms with Gasteiger partial charge in [0, 0.05) is 41.0 Å². The second-order valence-corrected chi connectivity index (χ2v) is 7.25. The van der Waals surface area contributed by atoms with Crippen LogP contribution in [0.2, 0.25) is 0 Å². The Morgan fingerprint density at radius 1 is 1.03 bits per heavy atom. The Kier molecular flexibility index (Phi) is 4.50. The van der Waals surface area contributed by atoms with Crippen molar-refractivity contribution < 1.29 is 13.5 Å². The van der Waals surface area contributed by atoms with Gasteiger partial charge < -0.3 is 10.1 Å². The largest absolute Gasteiger partial charge is 0.494 e. The highest BCUT2D eigenvalue weighted by Gasteiger charge is 2.24. The van der Waals surface area contributed by atoms with E-state index in [0.717, 1.165) is 24.5 Å². The van der Waals surface area contributed by atoms with E-state index < -0.39 is 11.6 Å². The summed E-state index contributed by atoms with van der Waals surface area (Å²) < 4.78 is 33.4. The maximum absolute atomic E-state index is 14.4. The van der Waals surface area contributed by atoms with E-state index in [9.17, 15) is 8.78 Å². The van der Waals surface area contributed by atoms with Gasteiger partial charge in [-0.25, -0.2) is 18.7 Å².